The third kappa shape index (κ3) is 10.9. The van der Waals surface area contributed by atoms with Gasteiger partial charge in [0.2, 0.25) is 0 Å². The van der Waals surface area contributed by atoms with Crippen LogP contribution in [0.5, 0.6) is 0 Å². The molecule has 0 amide bonds. The molecule has 0 aromatic heterocycles. The summed E-state index contributed by atoms with van der Waals surface area (Å²) in [5, 5.41) is 0. The second-order valence-electron chi connectivity index (χ2n) is 13.9. The first-order chi connectivity index (χ1) is 27.0. The van der Waals surface area contributed by atoms with E-state index in [0.717, 1.165) is 54.9 Å². The predicted octanol–water partition coefficient (Wildman–Crippen LogP) is 11.7. The molecule has 2 aliphatic carbocycles. The van der Waals surface area contributed by atoms with E-state index in [-0.39, 0.29) is 0 Å². The average molecular weight is 721 g/mol. The van der Waals surface area contributed by atoms with Gasteiger partial charge in [0.05, 0.1) is 0 Å². The Bertz CT molecular complexity index is 2030. The number of hydrogen-bond donors (Lipinski definition) is 0. The summed E-state index contributed by atoms with van der Waals surface area (Å²) < 4.78 is 4.10. The maximum absolute atomic E-state index is 3.47. The van der Waals surface area contributed by atoms with E-state index >= 15 is 0 Å². The fraction of sp³-hybridized carbons (Fsp3) is 0.176. The predicted molar refractivity (Wildman–Crippen MR) is 234 cm³/mol. The Labute approximate surface area is 329 Å². The van der Waals surface area contributed by atoms with Crippen LogP contribution in [-0.4, -0.2) is 49.8 Å². The van der Waals surface area contributed by atoms with Crippen LogP contribution in [0.2, 0.25) is 0 Å². The molecule has 2 aliphatic rings. The lowest BCUT2D eigenvalue weighted by molar-refractivity contribution is -0.398. The van der Waals surface area contributed by atoms with Gasteiger partial charge >= 0.3 is 0 Å². The molecule has 0 saturated heterocycles. The number of rotatable bonds is 14. The first-order valence-corrected chi connectivity index (χ1v) is 19.1. The quantitative estimate of drug-likeness (QED) is 0.0731. The van der Waals surface area contributed by atoms with Gasteiger partial charge in [-0.3, -0.25) is 0 Å². The van der Waals surface area contributed by atoms with Crippen molar-refractivity contribution in [3.8, 4) is 0 Å². The maximum Gasteiger partial charge on any atom is 0.115 e. The molecule has 4 aromatic rings. The highest BCUT2D eigenvalue weighted by molar-refractivity contribution is 5.70. The zero-order valence-corrected chi connectivity index (χ0v) is 32.6. The fourth-order valence-corrected chi connectivity index (χ4v) is 6.95. The number of anilines is 2. The molecule has 0 bridgehead atoms. The van der Waals surface area contributed by atoms with Gasteiger partial charge in [-0.25, -0.2) is 0 Å². The minimum Gasteiger partial charge on any atom is -0.351 e. The summed E-state index contributed by atoms with van der Waals surface area (Å²) >= 11 is 0. The van der Waals surface area contributed by atoms with Crippen LogP contribution in [0.3, 0.4) is 0 Å². The Kier molecular flexibility index (Phi) is 13.8. The summed E-state index contributed by atoms with van der Waals surface area (Å²) in [5.74, 6) is 0. The van der Waals surface area contributed by atoms with Gasteiger partial charge in [-0.1, -0.05) is 96.1 Å². The molecule has 4 nitrogen and oxygen atoms in total. The van der Waals surface area contributed by atoms with E-state index in [1.807, 2.05) is 35.4 Å². The Morgan fingerprint density at radius 2 is 0.873 bits per heavy atom. The van der Waals surface area contributed by atoms with E-state index in [1.165, 1.54) is 33.4 Å². The lowest BCUT2D eigenvalue weighted by atomic mass is 9.93. The first-order valence-electron chi connectivity index (χ1n) is 19.1. The van der Waals surface area contributed by atoms with Gasteiger partial charge in [0.15, 0.2) is 0 Å². The number of nitrogens with zero attached hydrogens (tertiary/aromatic N) is 4. The number of para-hydroxylation sites is 4. The molecule has 55 heavy (non-hydrogen) atoms. The van der Waals surface area contributed by atoms with Crippen molar-refractivity contribution in [1.29, 1.82) is 0 Å². The van der Waals surface area contributed by atoms with Gasteiger partial charge in [-0.15, -0.1) is 24.3 Å². The Morgan fingerprint density at radius 1 is 0.509 bits per heavy atom. The van der Waals surface area contributed by atoms with Crippen LogP contribution < -0.4 is 9.80 Å². The molecule has 4 aromatic carbocycles. The molecule has 0 atom stereocenters. The van der Waals surface area contributed by atoms with Crippen molar-refractivity contribution in [3.05, 3.63) is 216 Å². The normalized spacial score (nSPS) is 17.1. The lowest BCUT2D eigenvalue weighted by Crippen LogP contribution is -2.06. The van der Waals surface area contributed by atoms with Crippen LogP contribution in [0, 0.1) is 0 Å². The van der Waals surface area contributed by atoms with Crippen LogP contribution in [-0.2, 0) is 0 Å². The third-order valence-corrected chi connectivity index (χ3v) is 10.2. The second kappa shape index (κ2) is 19.7. The highest BCUT2D eigenvalue weighted by Crippen LogP contribution is 2.42. The fourth-order valence-electron chi connectivity index (χ4n) is 6.95. The largest absolute Gasteiger partial charge is 0.351 e. The third-order valence-electron chi connectivity index (χ3n) is 10.2. The van der Waals surface area contributed by atoms with E-state index in [0.29, 0.717) is 0 Å². The lowest BCUT2D eigenvalue weighted by Gasteiger charge is -2.15. The molecule has 6 rings (SSSR count). The van der Waals surface area contributed by atoms with Crippen LogP contribution >= 0.6 is 0 Å². The van der Waals surface area contributed by atoms with Crippen molar-refractivity contribution >= 4 is 35.2 Å². The molecule has 0 fully saturated rings. The molecule has 0 radical (unpaired) electrons. The SMILES string of the molecule is CN(C=CC=C1CCC(C=C[C-]=[N+](C)c2ccccc2)=C1CC1=C(C=C[C-]=[N+](C)c2ccccc2)CCC1=CC=CN(C)c1ccccc1)c1ccccc1. The topological polar surface area (TPSA) is 12.5 Å². The average Bonchev–Trinajstić information content (AvgIpc) is 3.81. The molecule has 0 spiro atoms. The van der Waals surface area contributed by atoms with Crippen LogP contribution in [0.4, 0.5) is 22.7 Å². The molecule has 0 heterocycles. The number of allylic oxidation sites excluding steroid dienone is 14. The zero-order valence-electron chi connectivity index (χ0n) is 32.6. The summed E-state index contributed by atoms with van der Waals surface area (Å²) in [6.07, 6.45) is 33.9. The van der Waals surface area contributed by atoms with Crippen molar-refractivity contribution in [2.75, 3.05) is 38.0 Å². The summed E-state index contributed by atoms with van der Waals surface area (Å²) in [5.41, 5.74) is 12.9. The molecule has 4 heteroatoms. The Balaban J connectivity index is 1.35. The smallest absolute Gasteiger partial charge is 0.115 e. The number of benzene rings is 4. The maximum atomic E-state index is 3.47. The summed E-state index contributed by atoms with van der Waals surface area (Å²) in [4.78, 5) is 4.34. The molecular formula is C51H52N4. The monoisotopic (exact) mass is 720 g/mol. The van der Waals surface area contributed by atoms with Crippen LogP contribution in [0.15, 0.2) is 216 Å². The highest BCUT2D eigenvalue weighted by Gasteiger charge is 2.22. The minimum atomic E-state index is 0.866. The highest BCUT2D eigenvalue weighted by atomic mass is 15.1. The standard InChI is InChI=1S/C51H52N4/c1-52(46-25-9-5-10-26-46)37-17-21-42-33-34-43(22-18-38-53(2)47-27-11-6-12-28-47)50(42)41-51-44(23-19-39-54(3)48-29-13-7-14-30-48)35-36-45(51)24-20-40-55(4)49-31-15-8-16-32-49/h5-32,37,39H,33-36,41H2,1-4H3. The van der Waals surface area contributed by atoms with Crippen molar-refractivity contribution in [3.63, 3.8) is 0 Å². The molecule has 276 valence electrons. The van der Waals surface area contributed by atoms with Crippen molar-refractivity contribution in [2.24, 2.45) is 0 Å². The summed E-state index contributed by atoms with van der Waals surface area (Å²) in [7, 11) is 8.30. The van der Waals surface area contributed by atoms with Crippen LogP contribution in [0.25, 0.3) is 0 Å². The van der Waals surface area contributed by atoms with E-state index in [4.69, 9.17) is 0 Å². The molecular weight excluding hydrogens is 669 g/mol. The summed E-state index contributed by atoms with van der Waals surface area (Å²) in [6.45, 7) is 0. The van der Waals surface area contributed by atoms with Gasteiger partial charge in [0, 0.05) is 37.9 Å². The van der Waals surface area contributed by atoms with E-state index in [9.17, 15) is 0 Å². The molecule has 0 unspecified atom stereocenters. The second-order valence-corrected chi connectivity index (χ2v) is 13.9. The van der Waals surface area contributed by atoms with E-state index in [1.54, 1.807) is 0 Å². The van der Waals surface area contributed by atoms with Gasteiger partial charge in [0.1, 0.15) is 37.9 Å². The Morgan fingerprint density at radius 3 is 1.25 bits per heavy atom. The minimum absolute atomic E-state index is 0.866. The Hall–Kier alpha value is -6.26. The molecule has 0 saturated carbocycles. The van der Waals surface area contributed by atoms with Gasteiger partial charge in [-0.05, 0) is 115 Å². The summed E-state index contributed by atoms with van der Waals surface area (Å²) in [6, 6.07) is 41.7. The molecule has 0 N–H and O–H groups in total. The van der Waals surface area contributed by atoms with Crippen molar-refractivity contribution in [2.45, 2.75) is 32.1 Å². The van der Waals surface area contributed by atoms with Gasteiger partial charge in [0.25, 0.3) is 0 Å². The van der Waals surface area contributed by atoms with E-state index in [2.05, 4.69) is 207 Å². The molecule has 0 aliphatic heterocycles. The van der Waals surface area contributed by atoms with Crippen molar-refractivity contribution < 1.29 is 9.15 Å². The zero-order chi connectivity index (χ0) is 38.2. The first kappa shape index (κ1) is 38.5. The van der Waals surface area contributed by atoms with Crippen molar-refractivity contribution in [1.82, 2.24) is 0 Å². The van der Waals surface area contributed by atoms with Gasteiger partial charge in [-0.2, -0.15) is 0 Å². The van der Waals surface area contributed by atoms with Gasteiger partial charge < -0.3 is 19.0 Å². The van der Waals surface area contributed by atoms with E-state index < -0.39 is 0 Å². The number of hydrogen-bond acceptors (Lipinski definition) is 2. The van der Waals surface area contributed by atoms with Crippen LogP contribution in [0.1, 0.15) is 32.1 Å².